The van der Waals surface area contributed by atoms with Gasteiger partial charge in [0.05, 0.1) is 7.11 Å². The number of ether oxygens (including phenoxy) is 1. The highest BCUT2D eigenvalue weighted by molar-refractivity contribution is 6.32. The minimum atomic E-state index is -2.85. The minimum absolute atomic E-state index is 0.336. The zero-order valence-corrected chi connectivity index (χ0v) is 7.28. The van der Waals surface area contributed by atoms with E-state index in [9.17, 15) is 13.2 Å². The van der Waals surface area contributed by atoms with Gasteiger partial charge in [-0.2, -0.15) is 9.37 Å². The fraction of sp³-hybridized carbons (Fsp3) is 0.286. The lowest BCUT2D eigenvalue weighted by atomic mass is 10.3. The summed E-state index contributed by atoms with van der Waals surface area (Å²) >= 11 is 5.44. The van der Waals surface area contributed by atoms with Gasteiger partial charge in [-0.1, -0.05) is 11.6 Å². The van der Waals surface area contributed by atoms with Gasteiger partial charge in [-0.05, 0) is 0 Å². The Hall–Kier alpha value is -0.970. The highest BCUT2D eigenvalue weighted by Gasteiger charge is 2.18. The van der Waals surface area contributed by atoms with E-state index in [0.29, 0.717) is 6.07 Å². The number of aromatic nitrogens is 1. The SMILES string of the molecule is COc1nc(F)cc(C(F)F)c1Cl. The average molecular weight is 212 g/mol. The summed E-state index contributed by atoms with van der Waals surface area (Å²) in [4.78, 5) is 3.18. The standard InChI is InChI=1S/C7H5ClF3NO/c1-13-7-5(8)3(6(10)11)2-4(9)12-7/h2,6H,1H3. The van der Waals surface area contributed by atoms with Crippen LogP contribution in [0.5, 0.6) is 5.88 Å². The summed E-state index contributed by atoms with van der Waals surface area (Å²) in [6.45, 7) is 0. The molecule has 1 aromatic heterocycles. The van der Waals surface area contributed by atoms with Crippen LogP contribution in [0.15, 0.2) is 6.07 Å². The monoisotopic (exact) mass is 211 g/mol. The van der Waals surface area contributed by atoms with Gasteiger partial charge in [0, 0.05) is 11.6 Å². The number of hydrogen-bond donors (Lipinski definition) is 0. The van der Waals surface area contributed by atoms with Crippen LogP contribution in [0.4, 0.5) is 13.2 Å². The Kier molecular flexibility index (Phi) is 2.98. The fourth-order valence-electron chi connectivity index (χ4n) is 0.788. The van der Waals surface area contributed by atoms with Crippen molar-refractivity contribution in [3.8, 4) is 5.88 Å². The lowest BCUT2D eigenvalue weighted by Crippen LogP contribution is -1.97. The molecule has 6 heteroatoms. The normalized spacial score (nSPS) is 10.6. The fourth-order valence-corrected chi connectivity index (χ4v) is 1.04. The van der Waals surface area contributed by atoms with Gasteiger partial charge in [-0.3, -0.25) is 0 Å². The quantitative estimate of drug-likeness (QED) is 0.702. The summed E-state index contributed by atoms with van der Waals surface area (Å²) in [6, 6.07) is 0.579. The van der Waals surface area contributed by atoms with Gasteiger partial charge in [0.1, 0.15) is 5.02 Å². The first kappa shape index (κ1) is 10.1. The van der Waals surface area contributed by atoms with Crippen LogP contribution in [0.25, 0.3) is 0 Å². The molecule has 0 spiro atoms. The molecular weight excluding hydrogens is 207 g/mol. The van der Waals surface area contributed by atoms with Crippen LogP contribution in [0.2, 0.25) is 5.02 Å². The van der Waals surface area contributed by atoms with E-state index in [1.54, 1.807) is 0 Å². The van der Waals surface area contributed by atoms with E-state index in [2.05, 4.69) is 9.72 Å². The molecule has 0 aliphatic carbocycles. The smallest absolute Gasteiger partial charge is 0.265 e. The summed E-state index contributed by atoms with van der Waals surface area (Å²) < 4.78 is 41.5. The van der Waals surface area contributed by atoms with Crippen LogP contribution in [0.1, 0.15) is 12.0 Å². The highest BCUT2D eigenvalue weighted by atomic mass is 35.5. The number of nitrogens with zero attached hydrogens (tertiary/aromatic N) is 1. The lowest BCUT2D eigenvalue weighted by Gasteiger charge is -2.06. The van der Waals surface area contributed by atoms with E-state index in [4.69, 9.17) is 11.6 Å². The molecule has 0 bridgehead atoms. The minimum Gasteiger partial charge on any atom is -0.480 e. The van der Waals surface area contributed by atoms with E-state index in [0.717, 1.165) is 0 Å². The molecule has 0 atom stereocenters. The first-order valence-corrected chi connectivity index (χ1v) is 3.62. The predicted molar refractivity (Wildman–Crippen MR) is 40.7 cm³/mol. The number of pyridine rings is 1. The third kappa shape index (κ3) is 2.03. The molecule has 13 heavy (non-hydrogen) atoms. The molecule has 2 nitrogen and oxygen atoms in total. The maximum absolute atomic E-state index is 12.6. The second kappa shape index (κ2) is 3.83. The van der Waals surface area contributed by atoms with E-state index in [1.165, 1.54) is 7.11 Å². The van der Waals surface area contributed by atoms with Gasteiger partial charge in [-0.15, -0.1) is 0 Å². The van der Waals surface area contributed by atoms with Crippen molar-refractivity contribution < 1.29 is 17.9 Å². The molecule has 0 N–H and O–H groups in total. The maximum Gasteiger partial charge on any atom is 0.265 e. The molecule has 0 amide bonds. The molecule has 72 valence electrons. The number of methoxy groups -OCH3 is 1. The Morgan fingerprint density at radius 2 is 2.15 bits per heavy atom. The molecular formula is C7H5ClF3NO. The van der Waals surface area contributed by atoms with Crippen LogP contribution < -0.4 is 4.74 Å². The maximum atomic E-state index is 12.6. The van der Waals surface area contributed by atoms with Crippen LogP contribution in [0, 0.1) is 5.95 Å². The van der Waals surface area contributed by atoms with E-state index < -0.39 is 17.9 Å². The largest absolute Gasteiger partial charge is 0.480 e. The van der Waals surface area contributed by atoms with E-state index in [-0.39, 0.29) is 10.9 Å². The molecule has 0 aromatic carbocycles. The van der Waals surface area contributed by atoms with Gasteiger partial charge in [0.25, 0.3) is 6.43 Å². The lowest BCUT2D eigenvalue weighted by molar-refractivity contribution is 0.150. The van der Waals surface area contributed by atoms with Crippen molar-refractivity contribution in [2.75, 3.05) is 7.11 Å². The molecule has 0 aliphatic rings. The van der Waals surface area contributed by atoms with Gasteiger partial charge in [0.2, 0.25) is 11.8 Å². The zero-order valence-electron chi connectivity index (χ0n) is 6.52. The molecule has 1 heterocycles. The summed E-state index contributed by atoms with van der Waals surface area (Å²) in [7, 11) is 1.17. The molecule has 0 saturated carbocycles. The summed E-state index contributed by atoms with van der Waals surface area (Å²) in [5.41, 5.74) is -0.619. The first-order valence-electron chi connectivity index (χ1n) is 3.24. The Morgan fingerprint density at radius 3 is 2.62 bits per heavy atom. The van der Waals surface area contributed by atoms with Crippen molar-refractivity contribution in [2.24, 2.45) is 0 Å². The van der Waals surface area contributed by atoms with Gasteiger partial charge >= 0.3 is 0 Å². The van der Waals surface area contributed by atoms with Crippen molar-refractivity contribution >= 4 is 11.6 Å². The zero-order chi connectivity index (χ0) is 10.0. The van der Waals surface area contributed by atoms with Crippen molar-refractivity contribution in [3.63, 3.8) is 0 Å². The molecule has 0 saturated heterocycles. The number of alkyl halides is 2. The van der Waals surface area contributed by atoms with Gasteiger partial charge in [-0.25, -0.2) is 8.78 Å². The summed E-state index contributed by atoms with van der Waals surface area (Å²) in [6.07, 6.45) is -2.85. The molecule has 1 rings (SSSR count). The Morgan fingerprint density at radius 1 is 1.54 bits per heavy atom. The predicted octanol–water partition coefficient (Wildman–Crippen LogP) is 2.82. The third-order valence-electron chi connectivity index (χ3n) is 1.35. The number of hydrogen-bond acceptors (Lipinski definition) is 2. The Labute approximate surface area is 77.3 Å². The highest BCUT2D eigenvalue weighted by Crippen LogP contribution is 2.32. The second-order valence-electron chi connectivity index (χ2n) is 2.16. The van der Waals surface area contributed by atoms with Crippen molar-refractivity contribution in [3.05, 3.63) is 22.6 Å². The Bertz CT molecular complexity index is 319. The van der Waals surface area contributed by atoms with Crippen LogP contribution >= 0.6 is 11.6 Å². The van der Waals surface area contributed by atoms with Crippen molar-refractivity contribution in [2.45, 2.75) is 6.43 Å². The van der Waals surface area contributed by atoms with Gasteiger partial charge in [0.15, 0.2) is 0 Å². The van der Waals surface area contributed by atoms with Crippen LogP contribution in [0.3, 0.4) is 0 Å². The third-order valence-corrected chi connectivity index (χ3v) is 1.73. The molecule has 0 unspecified atom stereocenters. The number of halogens is 4. The molecule has 1 aromatic rings. The van der Waals surface area contributed by atoms with Crippen LogP contribution in [-0.4, -0.2) is 12.1 Å². The topological polar surface area (TPSA) is 22.1 Å². The van der Waals surface area contributed by atoms with Gasteiger partial charge < -0.3 is 4.74 Å². The summed E-state index contributed by atoms with van der Waals surface area (Å²) in [5, 5.41) is -0.362. The van der Waals surface area contributed by atoms with Crippen molar-refractivity contribution in [1.29, 1.82) is 0 Å². The average Bonchev–Trinajstić information content (AvgIpc) is 2.08. The van der Waals surface area contributed by atoms with E-state index in [1.807, 2.05) is 0 Å². The Balaban J connectivity index is 3.27. The van der Waals surface area contributed by atoms with E-state index >= 15 is 0 Å². The molecule has 0 radical (unpaired) electrons. The van der Waals surface area contributed by atoms with Crippen LogP contribution in [-0.2, 0) is 0 Å². The number of rotatable bonds is 2. The molecule has 0 aliphatic heterocycles. The second-order valence-corrected chi connectivity index (χ2v) is 2.54. The first-order chi connectivity index (χ1) is 6.06. The summed E-state index contributed by atoms with van der Waals surface area (Å²) in [5.74, 6) is -1.38. The van der Waals surface area contributed by atoms with Crippen molar-refractivity contribution in [1.82, 2.24) is 4.98 Å². The molecule has 0 fully saturated rings.